The highest BCUT2D eigenvalue weighted by atomic mass is 16.5. The highest BCUT2D eigenvalue weighted by Crippen LogP contribution is 2.04. The molecule has 0 bridgehead atoms. The van der Waals surface area contributed by atoms with Crippen LogP contribution in [-0.2, 0) is 20.7 Å². The topological polar surface area (TPSA) is 87.7 Å². The third-order valence-electron chi connectivity index (χ3n) is 3.14. The summed E-state index contributed by atoms with van der Waals surface area (Å²) in [6, 6.07) is 7.80. The average molecular weight is 278 g/mol. The van der Waals surface area contributed by atoms with Gasteiger partial charge in [0, 0.05) is 13.0 Å². The monoisotopic (exact) mass is 278 g/mol. The standard InChI is InChI=1S/C14H18N2O4/c17-13(12-9-20-7-6-15-12)16-11(14(18)19)8-10-4-2-1-3-5-10/h1-5,11-12,15H,6-9H2,(H,16,17)(H,18,19). The second-order valence-electron chi connectivity index (χ2n) is 4.67. The number of aliphatic carboxylic acids is 1. The molecule has 1 aromatic rings. The first-order valence-corrected chi connectivity index (χ1v) is 6.55. The molecular weight excluding hydrogens is 260 g/mol. The van der Waals surface area contributed by atoms with E-state index in [1.165, 1.54) is 0 Å². The molecule has 1 heterocycles. The van der Waals surface area contributed by atoms with Crippen LogP contribution in [-0.4, -0.2) is 48.8 Å². The van der Waals surface area contributed by atoms with Gasteiger partial charge in [0.15, 0.2) is 0 Å². The van der Waals surface area contributed by atoms with Gasteiger partial charge in [-0.3, -0.25) is 4.79 Å². The van der Waals surface area contributed by atoms with E-state index in [1.807, 2.05) is 30.3 Å². The number of ether oxygens (including phenoxy) is 1. The molecule has 20 heavy (non-hydrogen) atoms. The molecule has 1 fully saturated rings. The normalized spacial score (nSPS) is 20.1. The van der Waals surface area contributed by atoms with Gasteiger partial charge in [-0.2, -0.15) is 0 Å². The van der Waals surface area contributed by atoms with Crippen molar-refractivity contribution in [2.75, 3.05) is 19.8 Å². The van der Waals surface area contributed by atoms with Crippen molar-refractivity contribution >= 4 is 11.9 Å². The van der Waals surface area contributed by atoms with E-state index in [9.17, 15) is 14.7 Å². The van der Waals surface area contributed by atoms with Crippen LogP contribution in [0.15, 0.2) is 30.3 Å². The van der Waals surface area contributed by atoms with Gasteiger partial charge in [0.05, 0.1) is 13.2 Å². The van der Waals surface area contributed by atoms with Crippen molar-refractivity contribution in [2.24, 2.45) is 0 Å². The summed E-state index contributed by atoms with van der Waals surface area (Å²) in [4.78, 5) is 23.2. The Hall–Kier alpha value is -1.92. The maximum Gasteiger partial charge on any atom is 0.326 e. The molecule has 3 N–H and O–H groups in total. The molecule has 0 aromatic heterocycles. The Morgan fingerprint density at radius 1 is 1.40 bits per heavy atom. The average Bonchev–Trinajstić information content (AvgIpc) is 2.48. The first-order chi connectivity index (χ1) is 9.66. The molecule has 2 atom stereocenters. The summed E-state index contributed by atoms with van der Waals surface area (Å²) in [6.45, 7) is 1.42. The number of rotatable bonds is 5. The van der Waals surface area contributed by atoms with Crippen molar-refractivity contribution in [2.45, 2.75) is 18.5 Å². The molecule has 6 nitrogen and oxygen atoms in total. The van der Waals surface area contributed by atoms with E-state index in [-0.39, 0.29) is 18.9 Å². The zero-order valence-electron chi connectivity index (χ0n) is 11.0. The number of carboxylic acids is 1. The van der Waals surface area contributed by atoms with E-state index < -0.39 is 18.1 Å². The third-order valence-corrected chi connectivity index (χ3v) is 3.14. The van der Waals surface area contributed by atoms with Gasteiger partial charge < -0.3 is 20.5 Å². The molecule has 1 aliphatic rings. The molecule has 1 aromatic carbocycles. The molecule has 0 radical (unpaired) electrons. The molecule has 6 heteroatoms. The van der Waals surface area contributed by atoms with Gasteiger partial charge in [-0.05, 0) is 5.56 Å². The zero-order valence-corrected chi connectivity index (χ0v) is 11.0. The fourth-order valence-electron chi connectivity index (χ4n) is 2.06. The van der Waals surface area contributed by atoms with Crippen LogP contribution in [0.3, 0.4) is 0 Å². The van der Waals surface area contributed by atoms with Crippen molar-refractivity contribution in [3.8, 4) is 0 Å². The number of carbonyl (C=O) groups is 2. The lowest BCUT2D eigenvalue weighted by atomic mass is 10.1. The van der Waals surface area contributed by atoms with Gasteiger partial charge >= 0.3 is 5.97 Å². The zero-order chi connectivity index (χ0) is 14.4. The lowest BCUT2D eigenvalue weighted by molar-refractivity contribution is -0.142. The van der Waals surface area contributed by atoms with Gasteiger partial charge in [-0.15, -0.1) is 0 Å². The van der Waals surface area contributed by atoms with Crippen molar-refractivity contribution < 1.29 is 19.4 Å². The minimum atomic E-state index is -1.04. The van der Waals surface area contributed by atoms with E-state index in [1.54, 1.807) is 0 Å². The summed E-state index contributed by atoms with van der Waals surface area (Å²) in [5, 5.41) is 14.8. The lowest BCUT2D eigenvalue weighted by Gasteiger charge is -2.24. The second-order valence-corrected chi connectivity index (χ2v) is 4.67. The van der Waals surface area contributed by atoms with Crippen molar-refractivity contribution in [3.05, 3.63) is 35.9 Å². The molecule has 0 saturated carbocycles. The summed E-state index contributed by atoms with van der Waals surface area (Å²) >= 11 is 0. The first-order valence-electron chi connectivity index (χ1n) is 6.55. The highest BCUT2D eigenvalue weighted by molar-refractivity contribution is 5.87. The molecule has 0 aliphatic carbocycles. The molecule has 2 unspecified atom stereocenters. The summed E-state index contributed by atoms with van der Waals surface area (Å²) in [5.41, 5.74) is 0.869. The summed E-state index contributed by atoms with van der Waals surface area (Å²) in [6.07, 6.45) is 0.259. The van der Waals surface area contributed by atoms with Gasteiger partial charge in [-0.25, -0.2) is 4.79 Å². The molecule has 108 valence electrons. The fraction of sp³-hybridized carbons (Fsp3) is 0.429. The third kappa shape index (κ3) is 4.04. The molecule has 1 saturated heterocycles. The van der Waals surface area contributed by atoms with Crippen molar-refractivity contribution in [1.82, 2.24) is 10.6 Å². The quantitative estimate of drug-likeness (QED) is 0.693. The Labute approximate surface area is 117 Å². The predicted octanol–water partition coefficient (Wildman–Crippen LogP) is -0.213. The van der Waals surface area contributed by atoms with Gasteiger partial charge in [0.25, 0.3) is 0 Å². The van der Waals surface area contributed by atoms with Gasteiger partial charge in [0.2, 0.25) is 5.91 Å². The van der Waals surface area contributed by atoms with Crippen LogP contribution in [0.2, 0.25) is 0 Å². The Kier molecular flexibility index (Phi) is 5.09. The van der Waals surface area contributed by atoms with Crippen molar-refractivity contribution in [3.63, 3.8) is 0 Å². The maximum atomic E-state index is 12.0. The largest absolute Gasteiger partial charge is 0.480 e. The first kappa shape index (κ1) is 14.5. The second kappa shape index (κ2) is 7.02. The summed E-state index contributed by atoms with van der Waals surface area (Å²) < 4.78 is 5.19. The Bertz CT molecular complexity index is 458. The fourth-order valence-corrected chi connectivity index (χ4v) is 2.06. The minimum absolute atomic E-state index is 0.259. The van der Waals surface area contributed by atoms with E-state index in [2.05, 4.69) is 10.6 Å². The van der Waals surface area contributed by atoms with E-state index in [4.69, 9.17) is 4.74 Å². The summed E-state index contributed by atoms with van der Waals surface area (Å²) in [5.74, 6) is -1.38. The Morgan fingerprint density at radius 2 is 2.15 bits per heavy atom. The molecule has 1 aliphatic heterocycles. The van der Waals surface area contributed by atoms with Crippen molar-refractivity contribution in [1.29, 1.82) is 0 Å². The van der Waals surface area contributed by atoms with Gasteiger partial charge in [-0.1, -0.05) is 30.3 Å². The molecule has 2 rings (SSSR count). The molecular formula is C14H18N2O4. The molecule has 0 spiro atoms. The van der Waals surface area contributed by atoms with Crippen LogP contribution in [0.4, 0.5) is 0 Å². The van der Waals surface area contributed by atoms with Crippen LogP contribution >= 0.6 is 0 Å². The smallest absolute Gasteiger partial charge is 0.326 e. The minimum Gasteiger partial charge on any atom is -0.480 e. The van der Waals surface area contributed by atoms with Crippen LogP contribution in [0.25, 0.3) is 0 Å². The Balaban J connectivity index is 1.95. The summed E-state index contributed by atoms with van der Waals surface area (Å²) in [7, 11) is 0. The number of nitrogens with one attached hydrogen (secondary N) is 2. The van der Waals surface area contributed by atoms with Crippen LogP contribution in [0.5, 0.6) is 0 Å². The van der Waals surface area contributed by atoms with E-state index >= 15 is 0 Å². The van der Waals surface area contributed by atoms with E-state index in [0.29, 0.717) is 13.2 Å². The highest BCUT2D eigenvalue weighted by Gasteiger charge is 2.26. The number of morpholine rings is 1. The molecule has 1 amide bonds. The lowest BCUT2D eigenvalue weighted by Crippen LogP contribution is -2.55. The Morgan fingerprint density at radius 3 is 2.75 bits per heavy atom. The number of hydrogen-bond acceptors (Lipinski definition) is 4. The van der Waals surface area contributed by atoms with Crippen LogP contribution in [0.1, 0.15) is 5.56 Å². The van der Waals surface area contributed by atoms with Gasteiger partial charge in [0.1, 0.15) is 12.1 Å². The number of benzene rings is 1. The number of hydrogen-bond donors (Lipinski definition) is 3. The van der Waals surface area contributed by atoms with Crippen LogP contribution < -0.4 is 10.6 Å². The maximum absolute atomic E-state index is 12.0. The number of amides is 1. The predicted molar refractivity (Wildman–Crippen MR) is 72.3 cm³/mol. The number of carbonyl (C=O) groups excluding carboxylic acids is 1. The SMILES string of the molecule is O=C(O)C(Cc1ccccc1)NC(=O)C1COCCN1. The number of carboxylic acid groups (broad SMARTS) is 1. The van der Waals surface area contributed by atoms with E-state index in [0.717, 1.165) is 5.56 Å². The van der Waals surface area contributed by atoms with Crippen LogP contribution in [0, 0.1) is 0 Å².